The monoisotopic (exact) mass is 372 g/mol. The van der Waals surface area contributed by atoms with Crippen molar-refractivity contribution in [2.45, 2.75) is 10.9 Å². The van der Waals surface area contributed by atoms with Gasteiger partial charge in [0.15, 0.2) is 11.0 Å². The van der Waals surface area contributed by atoms with Crippen LogP contribution in [0.4, 0.5) is 4.39 Å². The summed E-state index contributed by atoms with van der Waals surface area (Å²) < 4.78 is 20.7. The van der Waals surface area contributed by atoms with Crippen LogP contribution in [0.3, 0.4) is 0 Å². The zero-order valence-corrected chi connectivity index (χ0v) is 14.9. The molecule has 3 aromatic heterocycles. The van der Waals surface area contributed by atoms with Gasteiger partial charge in [-0.25, -0.2) is 9.37 Å². The van der Waals surface area contributed by atoms with E-state index in [1.807, 2.05) is 29.1 Å². The van der Waals surface area contributed by atoms with E-state index < -0.39 is 0 Å². The predicted molar refractivity (Wildman–Crippen MR) is 95.8 cm³/mol. The zero-order chi connectivity index (χ0) is 17.2. The fourth-order valence-electron chi connectivity index (χ4n) is 2.33. The molecule has 1 aromatic carbocycles. The van der Waals surface area contributed by atoms with E-state index in [9.17, 15) is 4.39 Å². The minimum absolute atomic E-state index is 0.313. The van der Waals surface area contributed by atoms with E-state index in [4.69, 9.17) is 4.42 Å². The molecule has 0 bridgehead atoms. The molecule has 5 nitrogen and oxygen atoms in total. The molecule has 0 saturated carbocycles. The molecule has 0 amide bonds. The van der Waals surface area contributed by atoms with Gasteiger partial charge in [-0.2, -0.15) is 0 Å². The molecule has 0 aliphatic carbocycles. The van der Waals surface area contributed by atoms with Gasteiger partial charge in [-0.05, 0) is 29.6 Å². The quantitative estimate of drug-likeness (QED) is 0.478. The van der Waals surface area contributed by atoms with Crippen molar-refractivity contribution in [2.24, 2.45) is 7.05 Å². The van der Waals surface area contributed by atoms with E-state index in [1.165, 1.54) is 23.9 Å². The topological polar surface area (TPSA) is 56.7 Å². The summed E-state index contributed by atoms with van der Waals surface area (Å²) in [5.74, 6) is 1.53. The van der Waals surface area contributed by atoms with Crippen LogP contribution in [0.2, 0.25) is 0 Å². The maximum absolute atomic E-state index is 13.3. The highest BCUT2D eigenvalue weighted by atomic mass is 32.2. The van der Waals surface area contributed by atoms with Crippen molar-refractivity contribution in [2.75, 3.05) is 0 Å². The van der Waals surface area contributed by atoms with Crippen molar-refractivity contribution >= 4 is 23.1 Å². The smallest absolute Gasteiger partial charge is 0.226 e. The van der Waals surface area contributed by atoms with E-state index in [0.717, 1.165) is 21.6 Å². The van der Waals surface area contributed by atoms with Gasteiger partial charge in [0.05, 0.1) is 10.6 Å². The first-order chi connectivity index (χ1) is 12.2. The van der Waals surface area contributed by atoms with Crippen molar-refractivity contribution in [3.05, 3.63) is 59.6 Å². The van der Waals surface area contributed by atoms with Crippen molar-refractivity contribution in [1.82, 2.24) is 19.7 Å². The largest absolute Gasteiger partial charge is 0.444 e. The molecule has 0 atom stereocenters. The third kappa shape index (κ3) is 3.35. The number of hydrogen-bond acceptors (Lipinski definition) is 6. The van der Waals surface area contributed by atoms with Gasteiger partial charge in [0.1, 0.15) is 12.1 Å². The fourth-order valence-corrected chi connectivity index (χ4v) is 3.86. The van der Waals surface area contributed by atoms with E-state index in [-0.39, 0.29) is 5.82 Å². The average molecular weight is 372 g/mol. The van der Waals surface area contributed by atoms with Crippen LogP contribution in [-0.4, -0.2) is 19.7 Å². The fraction of sp³-hybridized carbons (Fsp3) is 0.118. The molecular formula is C17H13FN4OS2. The molecule has 8 heteroatoms. The van der Waals surface area contributed by atoms with Gasteiger partial charge in [0.25, 0.3) is 0 Å². The summed E-state index contributed by atoms with van der Waals surface area (Å²) in [6.45, 7) is 0. The van der Waals surface area contributed by atoms with Crippen LogP contribution in [0.25, 0.3) is 22.2 Å². The first-order valence-electron chi connectivity index (χ1n) is 7.47. The summed E-state index contributed by atoms with van der Waals surface area (Å²) >= 11 is 3.16. The minimum Gasteiger partial charge on any atom is -0.444 e. The molecule has 0 unspecified atom stereocenters. The van der Waals surface area contributed by atoms with Crippen LogP contribution in [-0.2, 0) is 12.8 Å². The lowest BCUT2D eigenvalue weighted by Crippen LogP contribution is -1.94. The highest BCUT2D eigenvalue weighted by Gasteiger charge is 2.13. The second-order valence-electron chi connectivity index (χ2n) is 5.29. The third-order valence-electron chi connectivity index (χ3n) is 3.55. The number of benzene rings is 1. The Bertz CT molecular complexity index is 994. The van der Waals surface area contributed by atoms with Crippen LogP contribution >= 0.6 is 23.1 Å². The van der Waals surface area contributed by atoms with Gasteiger partial charge < -0.3 is 8.98 Å². The number of thioether (sulfide) groups is 1. The molecule has 4 rings (SSSR count). The normalized spacial score (nSPS) is 11.1. The van der Waals surface area contributed by atoms with E-state index >= 15 is 0 Å². The lowest BCUT2D eigenvalue weighted by molar-refractivity contribution is 0.571. The Morgan fingerprint density at radius 3 is 2.96 bits per heavy atom. The number of nitrogens with zero attached hydrogens (tertiary/aromatic N) is 4. The van der Waals surface area contributed by atoms with Gasteiger partial charge in [0, 0.05) is 18.4 Å². The van der Waals surface area contributed by atoms with Gasteiger partial charge in [-0.3, -0.25) is 0 Å². The molecule has 4 aromatic rings. The number of rotatable bonds is 5. The lowest BCUT2D eigenvalue weighted by Gasteiger charge is -2.00. The summed E-state index contributed by atoms with van der Waals surface area (Å²) in [7, 11) is 1.94. The van der Waals surface area contributed by atoms with Crippen LogP contribution in [0.5, 0.6) is 0 Å². The first kappa shape index (κ1) is 16.0. The Morgan fingerprint density at radius 1 is 1.24 bits per heavy atom. The van der Waals surface area contributed by atoms with E-state index in [1.54, 1.807) is 29.7 Å². The number of thiophene rings is 1. The standard InChI is InChI=1S/C17H13FN4OS2/c1-22-15(14-6-3-7-24-14)20-21-17(22)25-10-13-9-23-16(19-13)11-4-2-5-12(18)8-11/h2-9H,10H2,1H3. The SMILES string of the molecule is Cn1c(SCc2coc(-c3cccc(F)c3)n2)nnc1-c1cccs1. The molecule has 0 radical (unpaired) electrons. The molecular weight excluding hydrogens is 359 g/mol. The summed E-state index contributed by atoms with van der Waals surface area (Å²) in [6.07, 6.45) is 1.59. The summed E-state index contributed by atoms with van der Waals surface area (Å²) in [6, 6.07) is 10.2. The molecule has 0 fully saturated rings. The summed E-state index contributed by atoms with van der Waals surface area (Å²) in [5.41, 5.74) is 1.39. The van der Waals surface area contributed by atoms with Crippen LogP contribution < -0.4 is 0 Å². The molecule has 25 heavy (non-hydrogen) atoms. The van der Waals surface area contributed by atoms with E-state index in [2.05, 4.69) is 15.2 Å². The average Bonchev–Trinajstić information content (AvgIpc) is 3.34. The van der Waals surface area contributed by atoms with Crippen molar-refractivity contribution in [3.63, 3.8) is 0 Å². The molecule has 126 valence electrons. The zero-order valence-electron chi connectivity index (χ0n) is 13.2. The van der Waals surface area contributed by atoms with Gasteiger partial charge in [-0.1, -0.05) is 23.9 Å². The highest BCUT2D eigenvalue weighted by molar-refractivity contribution is 7.98. The second-order valence-corrected chi connectivity index (χ2v) is 7.18. The maximum atomic E-state index is 13.3. The number of oxazole rings is 1. The molecule has 0 N–H and O–H groups in total. The Balaban J connectivity index is 1.48. The van der Waals surface area contributed by atoms with Crippen LogP contribution in [0.1, 0.15) is 5.69 Å². The Morgan fingerprint density at radius 2 is 2.16 bits per heavy atom. The van der Waals surface area contributed by atoms with Crippen molar-refractivity contribution in [3.8, 4) is 22.2 Å². The van der Waals surface area contributed by atoms with Gasteiger partial charge in [0.2, 0.25) is 5.89 Å². The second kappa shape index (κ2) is 6.81. The summed E-state index contributed by atoms with van der Waals surface area (Å²) in [4.78, 5) is 5.49. The molecule has 0 aliphatic rings. The predicted octanol–water partition coefficient (Wildman–Crippen LogP) is 4.63. The minimum atomic E-state index is -0.313. The molecule has 0 aliphatic heterocycles. The number of halogens is 1. The Hall–Kier alpha value is -2.45. The summed E-state index contributed by atoms with van der Waals surface area (Å²) in [5, 5.41) is 11.3. The first-order valence-corrected chi connectivity index (χ1v) is 9.33. The van der Waals surface area contributed by atoms with E-state index in [0.29, 0.717) is 17.2 Å². The lowest BCUT2D eigenvalue weighted by atomic mass is 10.2. The molecule has 3 heterocycles. The molecule has 0 spiro atoms. The number of aromatic nitrogens is 4. The van der Waals surface area contributed by atoms with Gasteiger partial charge in [-0.15, -0.1) is 21.5 Å². The number of hydrogen-bond donors (Lipinski definition) is 0. The van der Waals surface area contributed by atoms with Crippen molar-refractivity contribution in [1.29, 1.82) is 0 Å². The van der Waals surface area contributed by atoms with Crippen LogP contribution in [0.15, 0.2) is 57.6 Å². The maximum Gasteiger partial charge on any atom is 0.226 e. The molecule has 0 saturated heterocycles. The Labute approximate surface area is 151 Å². The Kier molecular flexibility index (Phi) is 4.37. The highest BCUT2D eigenvalue weighted by Crippen LogP contribution is 2.28. The van der Waals surface area contributed by atoms with Crippen molar-refractivity contribution < 1.29 is 8.81 Å². The van der Waals surface area contributed by atoms with Gasteiger partial charge >= 0.3 is 0 Å². The van der Waals surface area contributed by atoms with Crippen LogP contribution in [0, 0.1) is 5.82 Å². The third-order valence-corrected chi connectivity index (χ3v) is 5.47.